The Labute approximate surface area is 49.3 Å². The molecule has 0 saturated carbocycles. The van der Waals surface area contributed by atoms with E-state index in [1.165, 1.54) is 19.4 Å². The van der Waals surface area contributed by atoms with E-state index in [9.17, 15) is 0 Å². The zero-order chi connectivity index (χ0) is 5.56. The molecule has 0 radical (unpaired) electrons. The van der Waals surface area contributed by atoms with Crippen LogP contribution in [0, 0.1) is 0 Å². The number of hydrogen-bond donors (Lipinski definition) is 0. The van der Waals surface area contributed by atoms with Gasteiger partial charge in [0.15, 0.2) is 12.3 Å². The standard InChI is InChI=1S/C7H10N/c1-8-5-6-2-3-7(8)4-6/h4H,2-3,5H2,1H3/q+1. The van der Waals surface area contributed by atoms with Gasteiger partial charge >= 0.3 is 0 Å². The number of likely N-dealkylation sites (N-methyl/N-ethyl adjacent to an activating group) is 1. The molecule has 0 amide bonds. The van der Waals surface area contributed by atoms with E-state index in [1.807, 2.05) is 0 Å². The highest BCUT2D eigenvalue weighted by Crippen LogP contribution is 2.20. The van der Waals surface area contributed by atoms with Crippen LogP contribution in [0.3, 0.4) is 0 Å². The Morgan fingerprint density at radius 1 is 1.50 bits per heavy atom. The van der Waals surface area contributed by atoms with Crippen LogP contribution in [-0.2, 0) is 0 Å². The van der Waals surface area contributed by atoms with Gasteiger partial charge in [-0.2, -0.15) is 0 Å². The molecular weight excluding hydrogens is 98.1 g/mol. The molecule has 0 aromatic heterocycles. The average molecular weight is 108 g/mol. The number of nitrogens with zero attached hydrogens (tertiary/aromatic N) is 1. The minimum absolute atomic E-state index is 1.20. The molecule has 42 valence electrons. The predicted octanol–water partition coefficient (Wildman–Crippen LogP) is 0.803. The molecule has 2 rings (SSSR count). The SMILES string of the molecule is C[N+]1=C2C=C(CC2)C1. The second-order valence-corrected chi connectivity index (χ2v) is 2.65. The van der Waals surface area contributed by atoms with E-state index in [-0.39, 0.29) is 0 Å². The van der Waals surface area contributed by atoms with Crippen molar-refractivity contribution in [2.45, 2.75) is 12.8 Å². The lowest BCUT2D eigenvalue weighted by molar-refractivity contribution is -0.487. The molecule has 0 atom stereocenters. The van der Waals surface area contributed by atoms with Crippen LogP contribution < -0.4 is 0 Å². The van der Waals surface area contributed by atoms with E-state index in [2.05, 4.69) is 17.7 Å². The minimum atomic E-state index is 1.20. The van der Waals surface area contributed by atoms with E-state index in [0.29, 0.717) is 0 Å². The molecule has 1 heteroatoms. The summed E-state index contributed by atoms with van der Waals surface area (Å²) in [6, 6.07) is 0. The molecule has 2 bridgehead atoms. The van der Waals surface area contributed by atoms with Gasteiger partial charge in [0.05, 0.1) is 0 Å². The van der Waals surface area contributed by atoms with Gasteiger partial charge < -0.3 is 0 Å². The molecule has 2 aliphatic rings. The minimum Gasteiger partial charge on any atom is -0.232 e. The third kappa shape index (κ3) is 0.391. The van der Waals surface area contributed by atoms with E-state index >= 15 is 0 Å². The molecule has 1 nitrogen and oxygen atoms in total. The van der Waals surface area contributed by atoms with Crippen LogP contribution in [0.25, 0.3) is 0 Å². The van der Waals surface area contributed by atoms with Crippen molar-refractivity contribution in [3.05, 3.63) is 11.6 Å². The fourth-order valence-corrected chi connectivity index (χ4v) is 1.50. The van der Waals surface area contributed by atoms with Gasteiger partial charge in [-0.3, -0.25) is 0 Å². The average Bonchev–Trinajstić information content (AvgIpc) is 2.23. The van der Waals surface area contributed by atoms with E-state index in [1.54, 1.807) is 11.3 Å². The third-order valence-electron chi connectivity index (χ3n) is 2.00. The summed E-state index contributed by atoms with van der Waals surface area (Å²) in [5, 5.41) is 0. The highest BCUT2D eigenvalue weighted by atomic mass is 15.0. The van der Waals surface area contributed by atoms with Crippen molar-refractivity contribution in [3.63, 3.8) is 0 Å². The van der Waals surface area contributed by atoms with Gasteiger partial charge in [-0.05, 0) is 6.42 Å². The summed E-state index contributed by atoms with van der Waals surface area (Å²) in [6.07, 6.45) is 4.96. The normalized spacial score (nSPS) is 24.9. The summed E-state index contributed by atoms with van der Waals surface area (Å²) < 4.78 is 2.33. The molecule has 0 saturated heterocycles. The van der Waals surface area contributed by atoms with Crippen LogP contribution in [0.15, 0.2) is 11.6 Å². The molecule has 1 aliphatic carbocycles. The fourth-order valence-electron chi connectivity index (χ4n) is 1.50. The van der Waals surface area contributed by atoms with Gasteiger partial charge in [0.2, 0.25) is 0 Å². The van der Waals surface area contributed by atoms with Crippen molar-refractivity contribution >= 4 is 5.71 Å². The third-order valence-corrected chi connectivity index (χ3v) is 2.00. The topological polar surface area (TPSA) is 3.01 Å². The first-order chi connectivity index (χ1) is 3.86. The molecule has 8 heavy (non-hydrogen) atoms. The van der Waals surface area contributed by atoms with Crippen LogP contribution in [-0.4, -0.2) is 23.9 Å². The van der Waals surface area contributed by atoms with Crippen LogP contribution >= 0.6 is 0 Å². The highest BCUT2D eigenvalue weighted by Gasteiger charge is 2.25. The van der Waals surface area contributed by atoms with Gasteiger partial charge in [0.1, 0.15) is 7.05 Å². The maximum absolute atomic E-state index is 2.33. The molecule has 0 aromatic rings. The molecule has 1 heterocycles. The summed E-state index contributed by atoms with van der Waals surface area (Å²) in [4.78, 5) is 0. The molecule has 0 fully saturated rings. The Balaban J connectivity index is 2.45. The van der Waals surface area contributed by atoms with E-state index < -0.39 is 0 Å². The van der Waals surface area contributed by atoms with Crippen molar-refractivity contribution in [2.24, 2.45) is 0 Å². The number of rotatable bonds is 0. The molecule has 0 N–H and O–H groups in total. The summed E-state index contributed by atoms with van der Waals surface area (Å²) in [6.45, 7) is 1.20. The highest BCUT2D eigenvalue weighted by molar-refractivity contribution is 5.95. The Morgan fingerprint density at radius 3 is 2.62 bits per heavy atom. The second-order valence-electron chi connectivity index (χ2n) is 2.65. The maximum Gasteiger partial charge on any atom is 0.176 e. The molecule has 1 aliphatic heterocycles. The van der Waals surface area contributed by atoms with Gasteiger partial charge in [-0.1, -0.05) is 0 Å². The van der Waals surface area contributed by atoms with Gasteiger partial charge in [0, 0.05) is 18.1 Å². The number of hydrogen-bond acceptors (Lipinski definition) is 0. The smallest absolute Gasteiger partial charge is 0.176 e. The molecular formula is C7H10N+. The summed E-state index contributed by atoms with van der Waals surface area (Å²) >= 11 is 0. The van der Waals surface area contributed by atoms with Crippen LogP contribution in [0.1, 0.15) is 12.8 Å². The number of allylic oxidation sites excluding steroid dienone is 1. The Kier molecular flexibility index (Phi) is 0.655. The van der Waals surface area contributed by atoms with Gasteiger partial charge in [-0.25, -0.2) is 4.58 Å². The summed E-state index contributed by atoms with van der Waals surface area (Å²) in [5.74, 6) is 0. The Hall–Kier alpha value is -0.590. The zero-order valence-corrected chi connectivity index (χ0v) is 5.15. The molecule has 0 aromatic carbocycles. The molecule has 0 spiro atoms. The van der Waals surface area contributed by atoms with Crippen LogP contribution in [0.4, 0.5) is 0 Å². The van der Waals surface area contributed by atoms with Crippen LogP contribution in [0.5, 0.6) is 0 Å². The van der Waals surface area contributed by atoms with E-state index in [4.69, 9.17) is 0 Å². The number of fused-ring (bicyclic) bond motifs is 1. The first-order valence-corrected chi connectivity index (χ1v) is 3.13. The Morgan fingerprint density at radius 2 is 2.38 bits per heavy atom. The van der Waals surface area contributed by atoms with Crippen molar-refractivity contribution in [2.75, 3.05) is 13.6 Å². The van der Waals surface area contributed by atoms with Gasteiger partial charge in [0.25, 0.3) is 0 Å². The lowest BCUT2D eigenvalue weighted by atomic mass is 10.2. The van der Waals surface area contributed by atoms with Crippen molar-refractivity contribution in [1.82, 2.24) is 0 Å². The summed E-state index contributed by atoms with van der Waals surface area (Å²) in [5.41, 5.74) is 3.17. The van der Waals surface area contributed by atoms with Crippen molar-refractivity contribution in [3.8, 4) is 0 Å². The first kappa shape index (κ1) is 4.30. The largest absolute Gasteiger partial charge is 0.232 e. The second kappa shape index (κ2) is 1.22. The first-order valence-electron chi connectivity index (χ1n) is 3.13. The van der Waals surface area contributed by atoms with Crippen molar-refractivity contribution < 1.29 is 4.58 Å². The van der Waals surface area contributed by atoms with Crippen LogP contribution in [0.2, 0.25) is 0 Å². The monoisotopic (exact) mass is 108 g/mol. The molecule has 0 unspecified atom stereocenters. The lowest BCUT2D eigenvalue weighted by Gasteiger charge is -1.99. The fraction of sp³-hybridized carbons (Fsp3) is 0.571. The predicted molar refractivity (Wildman–Crippen MR) is 33.4 cm³/mol. The van der Waals surface area contributed by atoms with E-state index in [0.717, 1.165) is 0 Å². The quantitative estimate of drug-likeness (QED) is 0.404. The lowest BCUT2D eigenvalue weighted by Crippen LogP contribution is -2.14. The maximum atomic E-state index is 2.33. The van der Waals surface area contributed by atoms with Gasteiger partial charge in [-0.15, -0.1) is 0 Å². The zero-order valence-electron chi connectivity index (χ0n) is 5.15. The summed E-state index contributed by atoms with van der Waals surface area (Å²) in [7, 11) is 2.16. The Bertz CT molecular complexity index is 187. The van der Waals surface area contributed by atoms with Crippen molar-refractivity contribution in [1.29, 1.82) is 0 Å².